The van der Waals surface area contributed by atoms with E-state index in [0.717, 1.165) is 45.2 Å². The van der Waals surface area contributed by atoms with E-state index < -0.39 is 0 Å². The molecule has 5 heteroatoms. The van der Waals surface area contributed by atoms with Crippen LogP contribution in [-0.4, -0.2) is 17.6 Å². The van der Waals surface area contributed by atoms with E-state index in [1.807, 2.05) is 18.2 Å². The van der Waals surface area contributed by atoms with Gasteiger partial charge in [0.25, 0.3) is 0 Å². The van der Waals surface area contributed by atoms with Crippen LogP contribution in [0.4, 0.5) is 0 Å². The number of rotatable bonds is 5. The molecule has 0 unspecified atom stereocenters. The first-order valence-electron chi connectivity index (χ1n) is 6.35. The topological polar surface area (TPSA) is 38.1 Å². The minimum absolute atomic E-state index is 0.732. The van der Waals surface area contributed by atoms with Crippen LogP contribution in [0, 0.1) is 0 Å². The second kappa shape index (κ2) is 5.77. The summed E-state index contributed by atoms with van der Waals surface area (Å²) in [6, 6.07) is 6.78. The third-order valence-corrected chi connectivity index (χ3v) is 3.97. The molecule has 0 bridgehead atoms. The molecule has 1 aliphatic carbocycles. The number of benzene rings is 1. The number of nitrogens with one attached hydrogen (secondary N) is 1. The van der Waals surface area contributed by atoms with Gasteiger partial charge in [-0.2, -0.15) is 0 Å². The molecule has 2 aromatic rings. The zero-order valence-electron chi connectivity index (χ0n) is 10.3. The molecule has 1 heterocycles. The van der Waals surface area contributed by atoms with Gasteiger partial charge in [0.15, 0.2) is 11.7 Å². The van der Waals surface area contributed by atoms with Gasteiger partial charge in [-0.25, -0.2) is 4.98 Å². The van der Waals surface area contributed by atoms with Gasteiger partial charge in [-0.1, -0.05) is 31.9 Å². The van der Waals surface area contributed by atoms with E-state index in [1.165, 1.54) is 12.8 Å². The summed E-state index contributed by atoms with van der Waals surface area (Å²) in [5, 5.41) is 3.46. The van der Waals surface area contributed by atoms with Crippen molar-refractivity contribution in [1.29, 1.82) is 0 Å². The van der Waals surface area contributed by atoms with E-state index in [4.69, 9.17) is 4.42 Å². The molecule has 3 rings (SSSR count). The lowest BCUT2D eigenvalue weighted by molar-refractivity contribution is 0.494. The van der Waals surface area contributed by atoms with Crippen molar-refractivity contribution < 1.29 is 4.42 Å². The fraction of sp³-hybridized carbons (Fsp3) is 0.357. The molecule has 1 saturated carbocycles. The summed E-state index contributed by atoms with van der Waals surface area (Å²) in [6.07, 6.45) is 5.25. The molecule has 0 atom stereocenters. The normalized spacial score (nSPS) is 14.8. The number of hydrogen-bond acceptors (Lipinski definition) is 3. The maximum atomic E-state index is 5.79. The first-order chi connectivity index (χ1) is 9.20. The van der Waals surface area contributed by atoms with E-state index in [0.29, 0.717) is 0 Å². The summed E-state index contributed by atoms with van der Waals surface area (Å²) in [5.74, 6) is 1.60. The first-order valence-corrected chi connectivity index (χ1v) is 7.94. The highest BCUT2D eigenvalue weighted by Crippen LogP contribution is 2.28. The van der Waals surface area contributed by atoms with Crippen LogP contribution in [-0.2, 0) is 6.42 Å². The zero-order valence-corrected chi connectivity index (χ0v) is 13.5. The first kappa shape index (κ1) is 13.3. The molecule has 0 saturated heterocycles. The smallest absolute Gasteiger partial charge is 0.196 e. The van der Waals surface area contributed by atoms with Crippen molar-refractivity contribution in [2.45, 2.75) is 25.3 Å². The molecule has 0 radical (unpaired) electrons. The Kier molecular flexibility index (Phi) is 4.05. The van der Waals surface area contributed by atoms with Gasteiger partial charge in [0.1, 0.15) is 0 Å². The zero-order chi connectivity index (χ0) is 13.2. The van der Waals surface area contributed by atoms with Crippen molar-refractivity contribution in [2.24, 2.45) is 0 Å². The molecule has 19 heavy (non-hydrogen) atoms. The average molecular weight is 386 g/mol. The Labute approximate surface area is 129 Å². The summed E-state index contributed by atoms with van der Waals surface area (Å²) >= 11 is 6.96. The summed E-state index contributed by atoms with van der Waals surface area (Å²) in [6.45, 7) is 0.937. The summed E-state index contributed by atoms with van der Waals surface area (Å²) < 4.78 is 7.83. The van der Waals surface area contributed by atoms with E-state index in [1.54, 1.807) is 6.20 Å². The Morgan fingerprint density at radius 2 is 1.95 bits per heavy atom. The Morgan fingerprint density at radius 1 is 1.21 bits per heavy atom. The van der Waals surface area contributed by atoms with Crippen LogP contribution in [0.2, 0.25) is 0 Å². The number of nitrogens with zero attached hydrogens (tertiary/aromatic N) is 1. The molecule has 1 aliphatic rings. The largest absolute Gasteiger partial charge is 0.441 e. The molecular weight excluding hydrogens is 372 g/mol. The lowest BCUT2D eigenvalue weighted by atomic mass is 10.2. The van der Waals surface area contributed by atoms with Crippen molar-refractivity contribution in [3.8, 4) is 11.3 Å². The third-order valence-electron chi connectivity index (χ3n) is 3.05. The van der Waals surface area contributed by atoms with E-state index in [2.05, 4.69) is 42.2 Å². The minimum atomic E-state index is 0.732. The standard InChI is InChI=1S/C14H14Br2N2O/c15-10-5-9(6-11(16)7-10)13-8-18-14(19-13)3-4-17-12-1-2-12/h5-8,12,17H,1-4H2. The molecule has 1 N–H and O–H groups in total. The van der Waals surface area contributed by atoms with E-state index in [-0.39, 0.29) is 0 Å². The molecule has 3 nitrogen and oxygen atoms in total. The number of hydrogen-bond donors (Lipinski definition) is 1. The SMILES string of the molecule is Brc1cc(Br)cc(-c2cnc(CCNC3CC3)o2)c1. The minimum Gasteiger partial charge on any atom is -0.441 e. The highest BCUT2D eigenvalue weighted by atomic mass is 79.9. The van der Waals surface area contributed by atoms with Crippen LogP contribution >= 0.6 is 31.9 Å². The van der Waals surface area contributed by atoms with Crippen LogP contribution in [0.3, 0.4) is 0 Å². The van der Waals surface area contributed by atoms with Crippen LogP contribution in [0.1, 0.15) is 18.7 Å². The third kappa shape index (κ3) is 3.68. The highest BCUT2D eigenvalue weighted by molar-refractivity contribution is 9.11. The molecule has 1 aromatic carbocycles. The molecule has 1 fully saturated rings. The van der Waals surface area contributed by atoms with Gasteiger partial charge in [-0.05, 0) is 31.0 Å². The van der Waals surface area contributed by atoms with Crippen molar-refractivity contribution in [3.63, 3.8) is 0 Å². The van der Waals surface area contributed by atoms with Crippen LogP contribution in [0.5, 0.6) is 0 Å². The van der Waals surface area contributed by atoms with Crippen molar-refractivity contribution >= 4 is 31.9 Å². The van der Waals surface area contributed by atoms with Crippen LogP contribution < -0.4 is 5.32 Å². The lowest BCUT2D eigenvalue weighted by Gasteiger charge is -2.00. The Hall–Kier alpha value is -0.650. The fourth-order valence-corrected chi connectivity index (χ4v) is 3.22. The Balaban J connectivity index is 1.68. The monoisotopic (exact) mass is 384 g/mol. The quantitative estimate of drug-likeness (QED) is 0.839. The average Bonchev–Trinajstić information content (AvgIpc) is 3.04. The maximum absolute atomic E-state index is 5.79. The molecular formula is C14H14Br2N2O. The van der Waals surface area contributed by atoms with Gasteiger partial charge in [0.2, 0.25) is 0 Å². The predicted octanol–water partition coefficient (Wildman–Crippen LogP) is 4.16. The summed E-state index contributed by atoms with van der Waals surface area (Å²) in [7, 11) is 0. The van der Waals surface area contributed by atoms with Gasteiger partial charge in [0, 0.05) is 33.5 Å². The second-order valence-electron chi connectivity index (χ2n) is 4.75. The Bertz CT molecular complexity index is 558. The van der Waals surface area contributed by atoms with Crippen LogP contribution in [0.15, 0.2) is 37.8 Å². The van der Waals surface area contributed by atoms with Gasteiger partial charge < -0.3 is 9.73 Å². The van der Waals surface area contributed by atoms with Crippen molar-refractivity contribution in [1.82, 2.24) is 10.3 Å². The summed E-state index contributed by atoms with van der Waals surface area (Å²) in [4.78, 5) is 4.33. The Morgan fingerprint density at radius 3 is 2.63 bits per heavy atom. The lowest BCUT2D eigenvalue weighted by Crippen LogP contribution is -2.19. The molecule has 0 spiro atoms. The second-order valence-corrected chi connectivity index (χ2v) is 6.59. The number of aromatic nitrogens is 1. The number of halogens is 2. The van der Waals surface area contributed by atoms with E-state index in [9.17, 15) is 0 Å². The fourth-order valence-electron chi connectivity index (χ4n) is 1.93. The van der Waals surface area contributed by atoms with Crippen molar-refractivity contribution in [2.75, 3.05) is 6.54 Å². The summed E-state index contributed by atoms with van der Waals surface area (Å²) in [5.41, 5.74) is 1.02. The van der Waals surface area contributed by atoms with Crippen LogP contribution in [0.25, 0.3) is 11.3 Å². The van der Waals surface area contributed by atoms with Crippen molar-refractivity contribution in [3.05, 3.63) is 39.2 Å². The molecule has 0 amide bonds. The molecule has 100 valence electrons. The predicted molar refractivity (Wildman–Crippen MR) is 82.1 cm³/mol. The molecule has 0 aliphatic heterocycles. The molecule has 1 aromatic heterocycles. The van der Waals surface area contributed by atoms with Gasteiger partial charge in [0.05, 0.1) is 6.20 Å². The van der Waals surface area contributed by atoms with Gasteiger partial charge in [-0.3, -0.25) is 0 Å². The highest BCUT2D eigenvalue weighted by Gasteiger charge is 2.20. The van der Waals surface area contributed by atoms with Gasteiger partial charge >= 0.3 is 0 Å². The van der Waals surface area contributed by atoms with E-state index >= 15 is 0 Å². The van der Waals surface area contributed by atoms with Gasteiger partial charge in [-0.15, -0.1) is 0 Å². The number of oxazole rings is 1. The maximum Gasteiger partial charge on any atom is 0.196 e.